The second-order valence-corrected chi connectivity index (χ2v) is 5.26. The van der Waals surface area contributed by atoms with Crippen molar-refractivity contribution in [2.24, 2.45) is 5.92 Å². The molecule has 1 N–H and O–H groups in total. The van der Waals surface area contributed by atoms with Gasteiger partial charge in [0.05, 0.1) is 18.8 Å². The van der Waals surface area contributed by atoms with E-state index in [0.717, 1.165) is 32.6 Å². The molecule has 104 valence electrons. The third-order valence-electron chi connectivity index (χ3n) is 3.84. The molecule has 19 heavy (non-hydrogen) atoms. The van der Waals surface area contributed by atoms with E-state index < -0.39 is 0 Å². The highest BCUT2D eigenvalue weighted by molar-refractivity contribution is 5.92. The molecule has 1 atom stereocenters. The van der Waals surface area contributed by atoms with Crippen LogP contribution in [0.2, 0.25) is 0 Å². The van der Waals surface area contributed by atoms with Crippen LogP contribution in [-0.2, 0) is 4.74 Å². The summed E-state index contributed by atoms with van der Waals surface area (Å²) in [5.41, 5.74) is 0.449. The van der Waals surface area contributed by atoms with Crippen molar-refractivity contribution in [2.45, 2.75) is 12.5 Å². The number of carbonyl (C=O) groups excluding carboxylic acids is 1. The molecule has 0 aliphatic carbocycles. The monoisotopic (exact) mass is 265 g/mol. The minimum atomic E-state index is -0.0165. The minimum absolute atomic E-state index is 0.0165. The predicted octanol–water partition coefficient (Wildman–Crippen LogP) is -0.469. The van der Waals surface area contributed by atoms with Crippen molar-refractivity contribution >= 4 is 5.91 Å². The maximum atomic E-state index is 12.3. The van der Waals surface area contributed by atoms with Gasteiger partial charge in [-0.15, -0.1) is 5.10 Å². The molecule has 2 fully saturated rings. The molecule has 0 radical (unpaired) electrons. The Bertz CT molecular complexity index is 457. The molecule has 0 bridgehead atoms. The summed E-state index contributed by atoms with van der Waals surface area (Å²) in [6.07, 6.45) is 2.76. The molecule has 2 aliphatic heterocycles. The largest absolute Gasteiger partial charge is 0.384 e. The van der Waals surface area contributed by atoms with E-state index in [0.29, 0.717) is 24.3 Å². The number of rotatable bonds is 4. The first-order chi connectivity index (χ1) is 9.28. The molecule has 0 spiro atoms. The number of nitrogens with zero attached hydrogens (tertiary/aromatic N) is 4. The van der Waals surface area contributed by atoms with E-state index >= 15 is 0 Å². The lowest BCUT2D eigenvalue weighted by molar-refractivity contribution is 0.0769. The predicted molar refractivity (Wildman–Crippen MR) is 67.8 cm³/mol. The van der Waals surface area contributed by atoms with Crippen LogP contribution in [0.5, 0.6) is 0 Å². The maximum Gasteiger partial charge on any atom is 0.276 e. The molecule has 2 aliphatic rings. The van der Waals surface area contributed by atoms with Gasteiger partial charge in [0.15, 0.2) is 5.69 Å². The summed E-state index contributed by atoms with van der Waals surface area (Å²) in [6, 6.07) is 0.342. The van der Waals surface area contributed by atoms with E-state index in [1.54, 1.807) is 18.0 Å². The van der Waals surface area contributed by atoms with Crippen LogP contribution < -0.4 is 5.32 Å². The zero-order chi connectivity index (χ0) is 13.2. The summed E-state index contributed by atoms with van der Waals surface area (Å²) >= 11 is 0. The molecule has 0 saturated carbocycles. The van der Waals surface area contributed by atoms with Crippen LogP contribution in [0.4, 0.5) is 0 Å². The number of amides is 1. The summed E-state index contributed by atoms with van der Waals surface area (Å²) in [4.78, 5) is 14.1. The van der Waals surface area contributed by atoms with Gasteiger partial charge in [-0.1, -0.05) is 5.21 Å². The Morgan fingerprint density at radius 2 is 2.42 bits per heavy atom. The molecular weight excluding hydrogens is 246 g/mol. The summed E-state index contributed by atoms with van der Waals surface area (Å²) in [7, 11) is 1.70. The molecule has 0 aromatic carbocycles. The van der Waals surface area contributed by atoms with E-state index in [9.17, 15) is 4.79 Å². The molecular formula is C12H19N5O2. The van der Waals surface area contributed by atoms with Gasteiger partial charge in [0.1, 0.15) is 0 Å². The number of nitrogens with one attached hydrogen (secondary N) is 1. The van der Waals surface area contributed by atoms with Crippen LogP contribution in [0.25, 0.3) is 0 Å². The second-order valence-electron chi connectivity index (χ2n) is 5.26. The van der Waals surface area contributed by atoms with E-state index in [1.165, 1.54) is 0 Å². The van der Waals surface area contributed by atoms with E-state index in [1.807, 2.05) is 4.90 Å². The third kappa shape index (κ3) is 2.48. The molecule has 1 aromatic rings. The number of likely N-dealkylation sites (tertiary alicyclic amines) is 1. The molecule has 3 heterocycles. The number of hydrogen-bond acceptors (Lipinski definition) is 5. The first kappa shape index (κ1) is 12.6. The fourth-order valence-electron chi connectivity index (χ4n) is 2.56. The number of methoxy groups -OCH3 is 1. The number of carbonyl (C=O) groups is 1. The zero-order valence-corrected chi connectivity index (χ0v) is 11.1. The molecule has 1 aromatic heterocycles. The Hall–Kier alpha value is -1.47. The first-order valence-electron chi connectivity index (χ1n) is 6.68. The molecule has 1 amide bonds. The van der Waals surface area contributed by atoms with Gasteiger partial charge in [-0.05, 0) is 6.42 Å². The number of ether oxygens (including phenoxy) is 1. The van der Waals surface area contributed by atoms with Crippen molar-refractivity contribution in [1.82, 2.24) is 25.2 Å². The summed E-state index contributed by atoms with van der Waals surface area (Å²) in [5.74, 6) is 0.428. The van der Waals surface area contributed by atoms with Crippen molar-refractivity contribution < 1.29 is 9.53 Å². The SMILES string of the molecule is COCC1CCN(C(=O)c2cn(C3CNC3)nn2)C1. The zero-order valence-electron chi connectivity index (χ0n) is 11.1. The Balaban J connectivity index is 1.62. The van der Waals surface area contributed by atoms with E-state index in [4.69, 9.17) is 4.74 Å². The lowest BCUT2D eigenvalue weighted by atomic mass is 10.1. The van der Waals surface area contributed by atoms with Crippen molar-refractivity contribution in [1.29, 1.82) is 0 Å². The van der Waals surface area contributed by atoms with Crippen LogP contribution >= 0.6 is 0 Å². The number of hydrogen-bond donors (Lipinski definition) is 1. The highest BCUT2D eigenvalue weighted by Crippen LogP contribution is 2.18. The van der Waals surface area contributed by atoms with E-state index in [-0.39, 0.29) is 5.91 Å². The van der Waals surface area contributed by atoms with Crippen LogP contribution in [0.1, 0.15) is 23.0 Å². The molecule has 3 rings (SSSR count). The van der Waals surface area contributed by atoms with Crippen molar-refractivity contribution in [3.63, 3.8) is 0 Å². The summed E-state index contributed by atoms with van der Waals surface area (Å²) < 4.78 is 6.92. The summed E-state index contributed by atoms with van der Waals surface area (Å²) in [5, 5.41) is 11.2. The highest BCUT2D eigenvalue weighted by Gasteiger charge is 2.29. The van der Waals surface area contributed by atoms with Crippen LogP contribution in [0.3, 0.4) is 0 Å². The number of aromatic nitrogens is 3. The van der Waals surface area contributed by atoms with Gasteiger partial charge in [-0.3, -0.25) is 4.79 Å². The second kappa shape index (κ2) is 5.26. The van der Waals surface area contributed by atoms with Crippen LogP contribution in [0.15, 0.2) is 6.20 Å². The van der Waals surface area contributed by atoms with Crippen molar-refractivity contribution in [3.05, 3.63) is 11.9 Å². The molecule has 7 heteroatoms. The van der Waals surface area contributed by atoms with Gasteiger partial charge in [0.25, 0.3) is 5.91 Å². The Labute approximate surface area is 111 Å². The van der Waals surface area contributed by atoms with Gasteiger partial charge in [0.2, 0.25) is 0 Å². The van der Waals surface area contributed by atoms with Gasteiger partial charge < -0.3 is 15.0 Å². The Morgan fingerprint density at radius 1 is 1.58 bits per heavy atom. The van der Waals surface area contributed by atoms with Crippen molar-refractivity contribution in [3.8, 4) is 0 Å². The maximum absolute atomic E-state index is 12.3. The fraction of sp³-hybridized carbons (Fsp3) is 0.750. The third-order valence-corrected chi connectivity index (χ3v) is 3.84. The van der Waals surface area contributed by atoms with E-state index in [2.05, 4.69) is 15.6 Å². The van der Waals surface area contributed by atoms with Crippen molar-refractivity contribution in [2.75, 3.05) is 39.9 Å². The molecule has 7 nitrogen and oxygen atoms in total. The van der Waals surface area contributed by atoms with Gasteiger partial charge in [-0.25, -0.2) is 4.68 Å². The Morgan fingerprint density at radius 3 is 3.11 bits per heavy atom. The highest BCUT2D eigenvalue weighted by atomic mass is 16.5. The molecule has 1 unspecified atom stereocenters. The quantitative estimate of drug-likeness (QED) is 0.797. The fourth-order valence-corrected chi connectivity index (χ4v) is 2.56. The van der Waals surface area contributed by atoms with Crippen LogP contribution in [0, 0.1) is 5.92 Å². The van der Waals surface area contributed by atoms with Gasteiger partial charge in [0, 0.05) is 39.2 Å². The van der Waals surface area contributed by atoms with Gasteiger partial charge >= 0.3 is 0 Å². The smallest absolute Gasteiger partial charge is 0.276 e. The minimum Gasteiger partial charge on any atom is -0.384 e. The standard InChI is InChI=1S/C12H19N5O2/c1-19-8-9-2-3-16(6-9)12(18)11-7-17(15-14-11)10-4-13-5-10/h7,9-10,13H,2-6,8H2,1H3. The topological polar surface area (TPSA) is 72.3 Å². The average Bonchev–Trinajstić information content (AvgIpc) is 2.96. The average molecular weight is 265 g/mol. The lowest BCUT2D eigenvalue weighted by Crippen LogP contribution is -2.43. The first-order valence-corrected chi connectivity index (χ1v) is 6.68. The lowest BCUT2D eigenvalue weighted by Gasteiger charge is -2.26. The van der Waals surface area contributed by atoms with Crippen LogP contribution in [-0.4, -0.2) is 65.7 Å². The van der Waals surface area contributed by atoms with Gasteiger partial charge in [-0.2, -0.15) is 0 Å². The molecule has 2 saturated heterocycles. The Kier molecular flexibility index (Phi) is 3.48. The normalized spacial score (nSPS) is 23.6. The summed E-state index contributed by atoms with van der Waals surface area (Å²) in [6.45, 7) is 4.05.